The van der Waals surface area contributed by atoms with Gasteiger partial charge in [0.1, 0.15) is 5.75 Å². The van der Waals surface area contributed by atoms with E-state index in [1.165, 1.54) is 12.1 Å². The minimum atomic E-state index is -0.870. The number of unbranched alkanes of at least 4 members (excludes halogenated alkanes) is 1. The van der Waals surface area contributed by atoms with Gasteiger partial charge in [0.2, 0.25) is 0 Å². The number of hydrogen-bond donors (Lipinski definition) is 5. The summed E-state index contributed by atoms with van der Waals surface area (Å²) in [6, 6.07) is 6.18. The molecule has 0 fully saturated rings. The van der Waals surface area contributed by atoms with Crippen LogP contribution in [0.1, 0.15) is 36.0 Å². The Morgan fingerprint density at radius 2 is 1.48 bits per heavy atom. The van der Waals surface area contributed by atoms with Gasteiger partial charge in [-0.3, -0.25) is 19.8 Å². The molecular formula is C13H18N2O6. The standard InChI is InChI=1S/C7H8N2O2.C6H10O4/c8-9-7(11)5-3-1-2-4-6(5)10;7-5(8)3-1-2-4-6(9)10/h1-4,10H,8H2,(H,9,11);1-4H2,(H,7,8)(H,9,10). The van der Waals surface area contributed by atoms with E-state index in [2.05, 4.69) is 0 Å². The summed E-state index contributed by atoms with van der Waals surface area (Å²) in [4.78, 5) is 30.6. The molecule has 0 saturated carbocycles. The number of aliphatic carboxylic acids is 2. The van der Waals surface area contributed by atoms with Gasteiger partial charge in [-0.05, 0) is 25.0 Å². The quantitative estimate of drug-likeness (QED) is 0.224. The number of carbonyl (C=O) groups excluding carboxylic acids is 1. The summed E-state index contributed by atoms with van der Waals surface area (Å²) >= 11 is 0. The summed E-state index contributed by atoms with van der Waals surface area (Å²) in [7, 11) is 0. The number of hydrazine groups is 1. The van der Waals surface area contributed by atoms with Crippen LogP contribution in [0.15, 0.2) is 24.3 Å². The Bertz CT molecular complexity index is 473. The normalized spacial score (nSPS) is 9.19. The SMILES string of the molecule is NNC(=O)c1ccccc1O.O=C(O)CCCCC(=O)O. The minimum absolute atomic E-state index is 0.0628. The molecule has 0 unspecified atom stereocenters. The summed E-state index contributed by atoms with van der Waals surface area (Å²) in [6.07, 6.45) is 1.02. The Kier molecular flexibility index (Phi) is 8.94. The van der Waals surface area contributed by atoms with Crippen LogP contribution < -0.4 is 11.3 Å². The van der Waals surface area contributed by atoms with E-state index in [-0.39, 0.29) is 24.2 Å². The third-order valence-electron chi connectivity index (χ3n) is 2.31. The summed E-state index contributed by atoms with van der Waals surface area (Å²) in [6.45, 7) is 0. The molecule has 0 heterocycles. The molecule has 0 saturated heterocycles. The van der Waals surface area contributed by atoms with Gasteiger partial charge >= 0.3 is 11.9 Å². The number of rotatable bonds is 6. The highest BCUT2D eigenvalue weighted by Gasteiger charge is 2.06. The lowest BCUT2D eigenvalue weighted by Gasteiger charge is -2.00. The lowest BCUT2D eigenvalue weighted by molar-refractivity contribution is -0.139. The predicted octanol–water partition coefficient (Wildman–Crippen LogP) is 0.712. The van der Waals surface area contributed by atoms with Gasteiger partial charge in [0.15, 0.2) is 0 Å². The topological polar surface area (TPSA) is 150 Å². The fourth-order valence-electron chi connectivity index (χ4n) is 1.30. The van der Waals surface area contributed by atoms with Crippen molar-refractivity contribution in [3.8, 4) is 5.75 Å². The molecule has 0 radical (unpaired) electrons. The Balaban J connectivity index is 0.000000384. The van der Waals surface area contributed by atoms with E-state index in [4.69, 9.17) is 21.2 Å². The van der Waals surface area contributed by atoms with E-state index in [1.54, 1.807) is 12.1 Å². The van der Waals surface area contributed by atoms with Crippen LogP contribution >= 0.6 is 0 Å². The van der Waals surface area contributed by atoms with Crippen molar-refractivity contribution >= 4 is 17.8 Å². The van der Waals surface area contributed by atoms with Gasteiger partial charge < -0.3 is 15.3 Å². The third-order valence-corrected chi connectivity index (χ3v) is 2.31. The van der Waals surface area contributed by atoms with Crippen molar-refractivity contribution in [2.75, 3.05) is 0 Å². The summed E-state index contributed by atoms with van der Waals surface area (Å²) in [5.41, 5.74) is 2.10. The van der Waals surface area contributed by atoms with Crippen LogP contribution in [-0.4, -0.2) is 33.2 Å². The molecule has 8 nitrogen and oxygen atoms in total. The van der Waals surface area contributed by atoms with Gasteiger partial charge in [-0.1, -0.05) is 12.1 Å². The summed E-state index contributed by atoms with van der Waals surface area (Å²) in [5, 5.41) is 25.4. The number of nitrogen functional groups attached to an aromatic ring is 1. The van der Waals surface area contributed by atoms with Crippen molar-refractivity contribution < 1.29 is 29.7 Å². The van der Waals surface area contributed by atoms with Crippen molar-refractivity contribution in [2.45, 2.75) is 25.7 Å². The van der Waals surface area contributed by atoms with Crippen LogP contribution in [-0.2, 0) is 9.59 Å². The fourth-order valence-corrected chi connectivity index (χ4v) is 1.30. The molecule has 6 N–H and O–H groups in total. The number of carboxylic acids is 2. The highest BCUT2D eigenvalue weighted by Crippen LogP contribution is 2.14. The highest BCUT2D eigenvalue weighted by atomic mass is 16.4. The van der Waals surface area contributed by atoms with Crippen LogP contribution in [0.2, 0.25) is 0 Å². The molecule has 21 heavy (non-hydrogen) atoms. The number of phenols is 1. The van der Waals surface area contributed by atoms with Crippen LogP contribution in [0.3, 0.4) is 0 Å². The number of phenolic OH excluding ortho intramolecular Hbond substituents is 1. The van der Waals surface area contributed by atoms with Crippen LogP contribution in [0, 0.1) is 0 Å². The molecule has 0 spiro atoms. The lowest BCUT2D eigenvalue weighted by Crippen LogP contribution is -2.29. The molecule has 0 aliphatic heterocycles. The zero-order valence-electron chi connectivity index (χ0n) is 11.3. The predicted molar refractivity (Wildman–Crippen MR) is 73.5 cm³/mol. The van der Waals surface area contributed by atoms with Crippen molar-refractivity contribution in [3.63, 3.8) is 0 Å². The molecule has 1 aromatic rings. The maximum Gasteiger partial charge on any atom is 0.303 e. The number of nitrogens with two attached hydrogens (primary N) is 1. The second-order valence-corrected chi connectivity index (χ2v) is 3.99. The fraction of sp³-hybridized carbons (Fsp3) is 0.308. The monoisotopic (exact) mass is 298 g/mol. The van der Waals surface area contributed by atoms with E-state index >= 15 is 0 Å². The highest BCUT2D eigenvalue weighted by molar-refractivity contribution is 5.96. The van der Waals surface area contributed by atoms with E-state index in [0.717, 1.165) is 0 Å². The second-order valence-electron chi connectivity index (χ2n) is 3.99. The van der Waals surface area contributed by atoms with Gasteiger partial charge in [0, 0.05) is 12.8 Å². The van der Waals surface area contributed by atoms with Gasteiger partial charge in [-0.15, -0.1) is 0 Å². The number of amides is 1. The summed E-state index contributed by atoms with van der Waals surface area (Å²) in [5.74, 6) is 2.55. The van der Waals surface area contributed by atoms with E-state index in [9.17, 15) is 14.4 Å². The molecule has 0 aliphatic carbocycles. The second kappa shape index (κ2) is 10.2. The largest absolute Gasteiger partial charge is 0.507 e. The Morgan fingerprint density at radius 3 is 1.86 bits per heavy atom. The molecule has 0 bridgehead atoms. The number of aromatic hydroxyl groups is 1. The van der Waals surface area contributed by atoms with E-state index < -0.39 is 17.8 Å². The number of benzene rings is 1. The Hall–Kier alpha value is -2.61. The number of nitrogens with one attached hydrogen (secondary N) is 1. The van der Waals surface area contributed by atoms with Crippen molar-refractivity contribution in [1.82, 2.24) is 5.43 Å². The first kappa shape index (κ1) is 18.4. The molecular weight excluding hydrogens is 280 g/mol. The first-order valence-electron chi connectivity index (χ1n) is 6.11. The molecule has 1 amide bonds. The molecule has 0 aromatic heterocycles. The Morgan fingerprint density at radius 1 is 1.00 bits per heavy atom. The van der Waals surface area contributed by atoms with Crippen molar-refractivity contribution in [2.24, 2.45) is 5.84 Å². The van der Waals surface area contributed by atoms with Crippen LogP contribution in [0.4, 0.5) is 0 Å². The van der Waals surface area contributed by atoms with Crippen molar-refractivity contribution in [1.29, 1.82) is 0 Å². The third kappa shape index (κ3) is 9.00. The van der Waals surface area contributed by atoms with Crippen LogP contribution in [0.25, 0.3) is 0 Å². The maximum absolute atomic E-state index is 10.8. The van der Waals surface area contributed by atoms with Crippen molar-refractivity contribution in [3.05, 3.63) is 29.8 Å². The number of hydrogen-bond acceptors (Lipinski definition) is 5. The maximum atomic E-state index is 10.8. The summed E-state index contributed by atoms with van der Waals surface area (Å²) < 4.78 is 0. The smallest absolute Gasteiger partial charge is 0.303 e. The lowest BCUT2D eigenvalue weighted by atomic mass is 10.2. The average Bonchev–Trinajstić information content (AvgIpc) is 2.43. The first-order valence-corrected chi connectivity index (χ1v) is 6.11. The molecule has 116 valence electrons. The van der Waals surface area contributed by atoms with Gasteiger partial charge in [-0.25, -0.2) is 5.84 Å². The van der Waals surface area contributed by atoms with Crippen LogP contribution in [0.5, 0.6) is 5.75 Å². The number of carbonyl (C=O) groups is 3. The molecule has 0 aliphatic rings. The number of carboxylic acid groups (broad SMARTS) is 2. The Labute approximate surface area is 121 Å². The average molecular weight is 298 g/mol. The molecule has 0 atom stereocenters. The molecule has 1 aromatic carbocycles. The zero-order valence-corrected chi connectivity index (χ0v) is 11.3. The van der Waals surface area contributed by atoms with Gasteiger partial charge in [0.05, 0.1) is 5.56 Å². The zero-order chi connectivity index (χ0) is 16.3. The van der Waals surface area contributed by atoms with Gasteiger partial charge in [0.25, 0.3) is 5.91 Å². The molecule has 8 heteroatoms. The van der Waals surface area contributed by atoms with Gasteiger partial charge in [-0.2, -0.15) is 0 Å². The number of para-hydroxylation sites is 1. The molecule has 1 rings (SSSR count). The van der Waals surface area contributed by atoms with E-state index in [1.807, 2.05) is 5.43 Å². The minimum Gasteiger partial charge on any atom is -0.507 e. The first-order chi connectivity index (χ1) is 9.88. The van der Waals surface area contributed by atoms with E-state index in [0.29, 0.717) is 12.8 Å².